The number of rotatable bonds is 3. The van der Waals surface area contributed by atoms with E-state index in [9.17, 15) is 14.9 Å². The molecule has 6 heteroatoms. The van der Waals surface area contributed by atoms with Crippen LogP contribution >= 0.6 is 11.3 Å². The standard InChI is InChI=1S/C15H14N2O3S/c1-10(18)11-2-3-13(14(8-11)17(19)20)16-6-4-15-12(9-16)5-7-21-15/h2-3,5,7-8H,4,6,9H2,1H3. The number of benzene rings is 1. The number of fused-ring (bicyclic) bond motifs is 1. The van der Waals surface area contributed by atoms with E-state index in [1.54, 1.807) is 23.5 Å². The second kappa shape index (κ2) is 5.29. The number of nitro groups is 1. The smallest absolute Gasteiger partial charge is 0.293 e. The van der Waals surface area contributed by atoms with Crippen molar-refractivity contribution in [2.75, 3.05) is 11.4 Å². The van der Waals surface area contributed by atoms with Crippen molar-refractivity contribution in [3.8, 4) is 0 Å². The Hall–Kier alpha value is -2.21. The second-order valence-corrected chi connectivity index (χ2v) is 6.06. The van der Waals surface area contributed by atoms with Gasteiger partial charge in [0.2, 0.25) is 0 Å². The Morgan fingerprint density at radius 1 is 1.38 bits per heavy atom. The van der Waals surface area contributed by atoms with Gasteiger partial charge in [0.1, 0.15) is 5.69 Å². The van der Waals surface area contributed by atoms with Crippen LogP contribution in [0.1, 0.15) is 27.7 Å². The molecule has 0 amide bonds. The third-order valence-corrected chi connectivity index (χ3v) is 4.75. The first kappa shape index (κ1) is 13.8. The number of nitro benzene ring substituents is 1. The van der Waals surface area contributed by atoms with Gasteiger partial charge in [0.15, 0.2) is 5.78 Å². The molecule has 1 aromatic carbocycles. The summed E-state index contributed by atoms with van der Waals surface area (Å²) in [5.74, 6) is -0.164. The van der Waals surface area contributed by atoms with Crippen LogP contribution < -0.4 is 4.90 Å². The summed E-state index contributed by atoms with van der Waals surface area (Å²) in [6.45, 7) is 2.85. The molecule has 2 aromatic rings. The van der Waals surface area contributed by atoms with Gasteiger partial charge in [-0.3, -0.25) is 14.9 Å². The molecule has 0 spiro atoms. The molecule has 0 unspecified atom stereocenters. The molecule has 5 nitrogen and oxygen atoms in total. The number of hydrogen-bond donors (Lipinski definition) is 0. The number of Topliss-reactive ketones (excluding diaryl/α,β-unsaturated/α-hetero) is 1. The molecule has 2 heterocycles. The zero-order chi connectivity index (χ0) is 15.0. The molecule has 0 fully saturated rings. The number of hydrogen-bond acceptors (Lipinski definition) is 5. The highest BCUT2D eigenvalue weighted by molar-refractivity contribution is 7.10. The zero-order valence-corrected chi connectivity index (χ0v) is 12.4. The summed E-state index contributed by atoms with van der Waals surface area (Å²) < 4.78 is 0. The Labute approximate surface area is 126 Å². The molecule has 0 aliphatic carbocycles. The van der Waals surface area contributed by atoms with Crippen molar-refractivity contribution < 1.29 is 9.72 Å². The molecule has 1 aromatic heterocycles. The van der Waals surface area contributed by atoms with Gasteiger partial charge in [-0.15, -0.1) is 11.3 Å². The van der Waals surface area contributed by atoms with Gasteiger partial charge < -0.3 is 4.90 Å². The lowest BCUT2D eigenvalue weighted by Crippen LogP contribution is -2.30. The fourth-order valence-electron chi connectivity index (χ4n) is 2.61. The maximum absolute atomic E-state index is 11.4. The third kappa shape index (κ3) is 2.54. The van der Waals surface area contributed by atoms with E-state index >= 15 is 0 Å². The Balaban J connectivity index is 1.99. The second-order valence-electron chi connectivity index (χ2n) is 5.06. The molecule has 1 aliphatic heterocycles. The zero-order valence-electron chi connectivity index (χ0n) is 11.5. The summed E-state index contributed by atoms with van der Waals surface area (Å²) >= 11 is 1.73. The van der Waals surface area contributed by atoms with E-state index in [2.05, 4.69) is 11.4 Å². The van der Waals surface area contributed by atoms with Gasteiger partial charge in [0.25, 0.3) is 5.69 Å². The minimum atomic E-state index is -0.412. The van der Waals surface area contributed by atoms with Crippen molar-refractivity contribution in [2.24, 2.45) is 0 Å². The SMILES string of the molecule is CC(=O)c1ccc(N2CCc3sccc3C2)c([N+](=O)[O-])c1. The van der Waals surface area contributed by atoms with E-state index in [0.29, 0.717) is 17.8 Å². The number of ketones is 1. The van der Waals surface area contributed by atoms with Crippen LogP contribution in [0, 0.1) is 10.1 Å². The van der Waals surface area contributed by atoms with E-state index in [1.807, 2.05) is 4.90 Å². The van der Waals surface area contributed by atoms with Crippen molar-refractivity contribution in [3.05, 3.63) is 55.8 Å². The lowest BCUT2D eigenvalue weighted by molar-refractivity contribution is -0.384. The lowest BCUT2D eigenvalue weighted by atomic mass is 10.1. The Morgan fingerprint density at radius 3 is 2.90 bits per heavy atom. The average molecular weight is 302 g/mol. The number of nitrogens with zero attached hydrogens (tertiary/aromatic N) is 2. The summed E-state index contributed by atoms with van der Waals surface area (Å²) in [7, 11) is 0. The highest BCUT2D eigenvalue weighted by Crippen LogP contribution is 2.34. The molecule has 0 atom stereocenters. The maximum atomic E-state index is 11.4. The molecule has 0 N–H and O–H groups in total. The molecule has 21 heavy (non-hydrogen) atoms. The van der Waals surface area contributed by atoms with Gasteiger partial charge in [-0.2, -0.15) is 0 Å². The predicted octanol–water partition coefficient (Wildman–Crippen LogP) is 3.42. The van der Waals surface area contributed by atoms with Crippen LogP contribution in [0.15, 0.2) is 29.6 Å². The number of carbonyl (C=O) groups is 1. The van der Waals surface area contributed by atoms with Crippen molar-refractivity contribution in [1.82, 2.24) is 0 Å². The summed E-state index contributed by atoms with van der Waals surface area (Å²) in [6.07, 6.45) is 0.901. The van der Waals surface area contributed by atoms with Gasteiger partial charge in [0.05, 0.1) is 4.92 Å². The maximum Gasteiger partial charge on any atom is 0.293 e. The van der Waals surface area contributed by atoms with E-state index in [-0.39, 0.29) is 11.5 Å². The average Bonchev–Trinajstić information content (AvgIpc) is 2.93. The van der Waals surface area contributed by atoms with Crippen LogP contribution in [0.3, 0.4) is 0 Å². The van der Waals surface area contributed by atoms with Gasteiger partial charge in [-0.05, 0) is 42.5 Å². The summed E-state index contributed by atoms with van der Waals surface area (Å²) in [5, 5.41) is 13.4. The molecule has 0 radical (unpaired) electrons. The molecule has 3 rings (SSSR count). The fourth-order valence-corrected chi connectivity index (χ4v) is 3.50. The monoisotopic (exact) mass is 302 g/mol. The first-order valence-corrected chi connectivity index (χ1v) is 7.54. The van der Waals surface area contributed by atoms with Crippen LogP contribution in [-0.2, 0) is 13.0 Å². The van der Waals surface area contributed by atoms with Crippen LogP contribution in [0.4, 0.5) is 11.4 Å². The molecule has 0 saturated heterocycles. The lowest BCUT2D eigenvalue weighted by Gasteiger charge is -2.28. The van der Waals surface area contributed by atoms with Gasteiger partial charge in [-0.1, -0.05) is 0 Å². The molecule has 0 bridgehead atoms. The predicted molar refractivity (Wildman–Crippen MR) is 82.2 cm³/mol. The highest BCUT2D eigenvalue weighted by atomic mass is 32.1. The Kier molecular flexibility index (Phi) is 3.47. The summed E-state index contributed by atoms with van der Waals surface area (Å²) in [5.41, 5.74) is 2.19. The van der Waals surface area contributed by atoms with Crippen molar-refractivity contribution in [2.45, 2.75) is 19.9 Å². The molecular formula is C15H14N2O3S. The van der Waals surface area contributed by atoms with Crippen LogP contribution in [0.25, 0.3) is 0 Å². The van der Waals surface area contributed by atoms with Crippen molar-refractivity contribution in [3.63, 3.8) is 0 Å². The summed E-state index contributed by atoms with van der Waals surface area (Å²) in [6, 6.07) is 6.79. The van der Waals surface area contributed by atoms with Crippen molar-refractivity contribution in [1.29, 1.82) is 0 Å². The van der Waals surface area contributed by atoms with Gasteiger partial charge >= 0.3 is 0 Å². The normalized spacial score (nSPS) is 13.9. The van der Waals surface area contributed by atoms with E-state index in [4.69, 9.17) is 0 Å². The molecular weight excluding hydrogens is 288 g/mol. The first-order chi connectivity index (χ1) is 10.1. The first-order valence-electron chi connectivity index (χ1n) is 6.66. The van der Waals surface area contributed by atoms with Gasteiger partial charge in [-0.25, -0.2) is 0 Å². The highest BCUT2D eigenvalue weighted by Gasteiger charge is 2.24. The number of anilines is 1. The number of carbonyl (C=O) groups excluding carboxylic acids is 1. The topological polar surface area (TPSA) is 63.5 Å². The number of thiophene rings is 1. The minimum absolute atomic E-state index is 0.00128. The van der Waals surface area contributed by atoms with E-state index in [0.717, 1.165) is 13.0 Å². The van der Waals surface area contributed by atoms with Gasteiger partial charge in [0, 0.05) is 29.6 Å². The molecule has 108 valence electrons. The molecule has 0 saturated carbocycles. The van der Waals surface area contributed by atoms with Crippen LogP contribution in [-0.4, -0.2) is 17.3 Å². The van der Waals surface area contributed by atoms with Crippen molar-refractivity contribution >= 4 is 28.5 Å². The third-order valence-electron chi connectivity index (χ3n) is 3.73. The quantitative estimate of drug-likeness (QED) is 0.495. The summed E-state index contributed by atoms with van der Waals surface area (Å²) in [4.78, 5) is 25.7. The molecule has 1 aliphatic rings. The largest absolute Gasteiger partial charge is 0.361 e. The van der Waals surface area contributed by atoms with E-state index in [1.165, 1.54) is 23.4 Å². The Morgan fingerprint density at radius 2 is 2.19 bits per heavy atom. The minimum Gasteiger partial charge on any atom is -0.361 e. The van der Waals surface area contributed by atoms with Crippen LogP contribution in [0.5, 0.6) is 0 Å². The Bertz CT molecular complexity index is 723. The van der Waals surface area contributed by atoms with Crippen LogP contribution in [0.2, 0.25) is 0 Å². The van der Waals surface area contributed by atoms with E-state index < -0.39 is 4.92 Å². The fraction of sp³-hybridized carbons (Fsp3) is 0.267.